The number of benzene rings is 1. The summed E-state index contributed by atoms with van der Waals surface area (Å²) < 4.78 is 27.8. The molecule has 1 unspecified atom stereocenters. The zero-order valence-electron chi connectivity index (χ0n) is 12.2. The normalized spacial score (nSPS) is 18.0. The lowest BCUT2D eigenvalue weighted by atomic mass is 10.0. The zero-order chi connectivity index (χ0) is 17.6. The molecule has 2 aromatic rings. The molecule has 0 aliphatic carbocycles. The Kier molecular flexibility index (Phi) is 4.48. The Labute approximate surface area is 145 Å². The number of hydrazine groups is 1. The molecule has 1 aliphatic heterocycles. The number of nitrogens with two attached hydrogens (primary N) is 2. The van der Waals surface area contributed by atoms with Crippen LogP contribution in [0, 0.1) is 0 Å². The minimum absolute atomic E-state index is 0.0502. The van der Waals surface area contributed by atoms with E-state index in [1.54, 1.807) is 6.07 Å². The number of nitrogens with zero attached hydrogens (tertiary/aromatic N) is 3. The van der Waals surface area contributed by atoms with Gasteiger partial charge in [-0.2, -0.15) is 5.10 Å². The van der Waals surface area contributed by atoms with E-state index >= 15 is 0 Å². The molecule has 1 aliphatic rings. The molecular formula is C14H13Cl2F2N5O. The largest absolute Gasteiger partial charge is 0.365 e. The third-order valence-corrected chi connectivity index (χ3v) is 4.57. The van der Waals surface area contributed by atoms with Gasteiger partial charge in [0.1, 0.15) is 11.7 Å². The maximum absolute atomic E-state index is 13.3. The van der Waals surface area contributed by atoms with Crippen LogP contribution in [-0.4, -0.2) is 33.7 Å². The van der Waals surface area contributed by atoms with Crippen LogP contribution in [-0.2, 0) is 6.54 Å². The first-order chi connectivity index (χ1) is 11.3. The molecule has 0 saturated carbocycles. The number of amides is 1. The van der Waals surface area contributed by atoms with Gasteiger partial charge < -0.3 is 5.73 Å². The van der Waals surface area contributed by atoms with Crippen LogP contribution < -0.4 is 11.6 Å². The number of halogens is 4. The molecule has 1 aromatic carbocycles. The van der Waals surface area contributed by atoms with Crippen LogP contribution in [0.2, 0.25) is 10.0 Å². The molecule has 128 valence electrons. The first-order valence-electron chi connectivity index (χ1n) is 6.94. The molecule has 0 spiro atoms. The smallest absolute Gasteiger partial charge is 0.262 e. The van der Waals surface area contributed by atoms with E-state index in [1.807, 2.05) is 0 Å². The topological polar surface area (TPSA) is 90.2 Å². The van der Waals surface area contributed by atoms with Gasteiger partial charge in [0, 0.05) is 12.1 Å². The lowest BCUT2D eigenvalue weighted by Crippen LogP contribution is -2.44. The second-order valence-electron chi connectivity index (χ2n) is 5.44. The molecule has 1 atom stereocenters. The number of fused-ring (bicyclic) bond motifs is 1. The SMILES string of the molecule is NC(=O)c1c(-c2ccc(Cl)c(Cl)c2)nn2c1CN(N)CC2C(F)F. The van der Waals surface area contributed by atoms with Gasteiger partial charge in [0.05, 0.1) is 27.8 Å². The number of carbonyl (C=O) groups is 1. The van der Waals surface area contributed by atoms with Crippen molar-refractivity contribution in [3.05, 3.63) is 39.5 Å². The molecule has 0 saturated heterocycles. The Balaban J connectivity index is 2.22. The van der Waals surface area contributed by atoms with Crippen molar-refractivity contribution in [2.45, 2.75) is 19.0 Å². The zero-order valence-corrected chi connectivity index (χ0v) is 13.7. The summed E-state index contributed by atoms with van der Waals surface area (Å²) in [7, 11) is 0. The summed E-state index contributed by atoms with van der Waals surface area (Å²) in [5, 5.41) is 5.98. The number of hydrogen-bond donors (Lipinski definition) is 2. The Morgan fingerprint density at radius 3 is 2.62 bits per heavy atom. The molecule has 4 N–H and O–H groups in total. The van der Waals surface area contributed by atoms with Gasteiger partial charge in [0.2, 0.25) is 0 Å². The molecule has 1 aromatic heterocycles. The van der Waals surface area contributed by atoms with Crippen molar-refractivity contribution in [3.8, 4) is 11.3 Å². The average Bonchev–Trinajstić information content (AvgIpc) is 2.88. The fourth-order valence-corrected chi connectivity index (χ4v) is 3.06. The average molecular weight is 376 g/mol. The van der Waals surface area contributed by atoms with Crippen molar-refractivity contribution in [2.24, 2.45) is 11.6 Å². The number of rotatable bonds is 3. The van der Waals surface area contributed by atoms with Crippen LogP contribution in [0.1, 0.15) is 22.1 Å². The summed E-state index contributed by atoms with van der Waals surface area (Å²) in [4.78, 5) is 11.9. The van der Waals surface area contributed by atoms with E-state index in [4.69, 9.17) is 34.8 Å². The van der Waals surface area contributed by atoms with Crippen molar-refractivity contribution in [2.75, 3.05) is 6.54 Å². The van der Waals surface area contributed by atoms with Gasteiger partial charge in [-0.1, -0.05) is 29.3 Å². The highest BCUT2D eigenvalue weighted by molar-refractivity contribution is 6.42. The lowest BCUT2D eigenvalue weighted by molar-refractivity contribution is 0.0330. The van der Waals surface area contributed by atoms with Crippen LogP contribution in [0.15, 0.2) is 18.2 Å². The van der Waals surface area contributed by atoms with Gasteiger partial charge in [0.25, 0.3) is 12.3 Å². The van der Waals surface area contributed by atoms with Crippen molar-refractivity contribution in [3.63, 3.8) is 0 Å². The van der Waals surface area contributed by atoms with E-state index in [1.165, 1.54) is 17.1 Å². The van der Waals surface area contributed by atoms with E-state index in [9.17, 15) is 13.6 Å². The van der Waals surface area contributed by atoms with Gasteiger partial charge in [-0.3, -0.25) is 15.3 Å². The third kappa shape index (κ3) is 2.86. The molecule has 0 bridgehead atoms. The van der Waals surface area contributed by atoms with Crippen molar-refractivity contribution in [1.29, 1.82) is 0 Å². The van der Waals surface area contributed by atoms with Crippen molar-refractivity contribution in [1.82, 2.24) is 14.8 Å². The Morgan fingerprint density at radius 1 is 1.33 bits per heavy atom. The van der Waals surface area contributed by atoms with E-state index in [0.717, 1.165) is 4.68 Å². The molecule has 1 amide bonds. The fourth-order valence-electron chi connectivity index (χ4n) is 2.76. The Bertz CT molecular complexity index is 811. The number of hydrogen-bond acceptors (Lipinski definition) is 4. The van der Waals surface area contributed by atoms with Gasteiger partial charge >= 0.3 is 0 Å². The summed E-state index contributed by atoms with van der Waals surface area (Å²) >= 11 is 11.9. The summed E-state index contributed by atoms with van der Waals surface area (Å²) in [6, 6.07) is 3.35. The minimum atomic E-state index is -2.70. The van der Waals surface area contributed by atoms with Gasteiger partial charge in [-0.05, 0) is 12.1 Å². The Morgan fingerprint density at radius 2 is 2.04 bits per heavy atom. The fraction of sp³-hybridized carbons (Fsp3) is 0.286. The first-order valence-corrected chi connectivity index (χ1v) is 7.69. The molecular weight excluding hydrogens is 363 g/mol. The van der Waals surface area contributed by atoms with Crippen molar-refractivity contribution < 1.29 is 13.6 Å². The van der Waals surface area contributed by atoms with E-state index < -0.39 is 18.4 Å². The molecule has 6 nitrogen and oxygen atoms in total. The van der Waals surface area contributed by atoms with Gasteiger partial charge in [-0.15, -0.1) is 0 Å². The second-order valence-corrected chi connectivity index (χ2v) is 6.25. The van der Waals surface area contributed by atoms with Crippen LogP contribution in [0.5, 0.6) is 0 Å². The first kappa shape index (κ1) is 17.1. The van der Waals surface area contributed by atoms with E-state index in [0.29, 0.717) is 10.6 Å². The van der Waals surface area contributed by atoms with Crippen LogP contribution in [0.4, 0.5) is 8.78 Å². The van der Waals surface area contributed by atoms with Crippen LogP contribution >= 0.6 is 23.2 Å². The standard InChI is InChI=1S/C14H13Cl2F2N5O/c15-7-2-1-6(3-8(7)16)12-11(14(19)24)9-4-22(20)5-10(13(17)18)23(9)21-12/h1-3,10,13H,4-5,20H2,(H2,19,24). The second kappa shape index (κ2) is 6.29. The molecule has 3 rings (SSSR count). The maximum atomic E-state index is 13.3. The van der Waals surface area contributed by atoms with Crippen molar-refractivity contribution >= 4 is 29.1 Å². The molecule has 2 heterocycles. The van der Waals surface area contributed by atoms with Crippen LogP contribution in [0.25, 0.3) is 11.3 Å². The van der Waals surface area contributed by atoms with E-state index in [2.05, 4.69) is 5.10 Å². The maximum Gasteiger partial charge on any atom is 0.262 e. The molecule has 24 heavy (non-hydrogen) atoms. The monoisotopic (exact) mass is 375 g/mol. The summed E-state index contributed by atoms with van der Waals surface area (Å²) in [5.74, 6) is 4.93. The highest BCUT2D eigenvalue weighted by atomic mass is 35.5. The Hall–Kier alpha value is -1.74. The predicted molar refractivity (Wildman–Crippen MR) is 85.8 cm³/mol. The highest BCUT2D eigenvalue weighted by Gasteiger charge is 2.36. The number of primary amides is 1. The summed E-state index contributed by atoms with van der Waals surface area (Å²) in [6.07, 6.45) is -2.70. The predicted octanol–water partition coefficient (Wildman–Crippen LogP) is 2.45. The van der Waals surface area contributed by atoms with Crippen LogP contribution in [0.3, 0.4) is 0 Å². The lowest BCUT2D eigenvalue weighted by Gasteiger charge is -2.30. The molecule has 0 radical (unpaired) electrons. The third-order valence-electron chi connectivity index (χ3n) is 3.83. The summed E-state index contributed by atoms with van der Waals surface area (Å²) in [6.45, 7) is -0.0127. The van der Waals surface area contributed by atoms with E-state index in [-0.39, 0.29) is 35.1 Å². The quantitative estimate of drug-likeness (QED) is 0.806. The number of alkyl halides is 2. The minimum Gasteiger partial charge on any atom is -0.365 e. The number of aromatic nitrogens is 2. The molecule has 0 fully saturated rings. The highest BCUT2D eigenvalue weighted by Crippen LogP contribution is 2.34. The van der Waals surface area contributed by atoms with Gasteiger partial charge in [-0.25, -0.2) is 13.8 Å². The number of carbonyl (C=O) groups excluding carboxylic acids is 1. The molecule has 10 heteroatoms. The van der Waals surface area contributed by atoms with Gasteiger partial charge in [0.15, 0.2) is 0 Å². The summed E-state index contributed by atoms with van der Waals surface area (Å²) in [5.41, 5.74) is 6.39.